The SMILES string of the molecule is C#Cc1ccc2c(c1)C(=O)OC2=O.CN1C(=O)C2C3C=CC(C3)C2C1=O.CN1C(=O)C2C3C=CC(O3)C2C1=O.O=C1C2C3C=CC(C3)C2C(=O)N1O.O=C1C2C3C=CC(O3)C2C(=O)N1O.O=C1NC(=O)C2C3C=CC(C3)C12.O=C1NC(=O)C2C3C=CC(O3)C12.O=C1NC2C=CC1C2.O=C1NC2C=CC1O2. The molecule has 1 aromatic carbocycles. The second-order valence-corrected chi connectivity index (χ2v) is 29.5. The van der Waals surface area contributed by atoms with Crippen LogP contribution in [0.1, 0.15) is 52.0 Å². The number of hydroxylamine groups is 4. The zero-order valence-corrected chi connectivity index (χ0v) is 55.8. The number of likely N-dealkylation sites (tertiary alicyclic amines) is 2. The van der Waals surface area contributed by atoms with Crippen molar-refractivity contribution >= 4 is 94.6 Å². The molecule has 16 heterocycles. The number of cyclic esters (lactones) is 2. The van der Waals surface area contributed by atoms with Gasteiger partial charge in [0.15, 0.2) is 12.3 Å². The lowest BCUT2D eigenvalue weighted by molar-refractivity contribution is -0.176. The van der Waals surface area contributed by atoms with E-state index in [1.54, 1.807) is 38.4 Å². The number of fused-ring (bicyclic) bond motifs is 35. The normalized spacial score (nSPS) is 41.9. The van der Waals surface area contributed by atoms with Crippen molar-refractivity contribution in [3.63, 3.8) is 0 Å². The van der Waals surface area contributed by atoms with E-state index >= 15 is 0 Å². The first-order chi connectivity index (χ1) is 50.3. The van der Waals surface area contributed by atoms with Gasteiger partial charge in [-0.25, -0.2) is 9.59 Å². The molecule has 11 saturated heterocycles. The van der Waals surface area contributed by atoms with Gasteiger partial charge in [-0.05, 0) is 91.5 Å². The van der Waals surface area contributed by atoms with Gasteiger partial charge in [-0.2, -0.15) is 10.1 Å². The number of ether oxygens (including phenoxy) is 5. The van der Waals surface area contributed by atoms with Crippen molar-refractivity contribution in [1.82, 2.24) is 41.2 Å². The lowest BCUT2D eigenvalue weighted by Crippen LogP contribution is -2.31. The number of benzene rings is 1. The first-order valence-corrected chi connectivity index (χ1v) is 34.8. The summed E-state index contributed by atoms with van der Waals surface area (Å²) < 4.78 is 25.6. The zero-order valence-electron chi connectivity index (χ0n) is 55.8. The van der Waals surface area contributed by atoms with Gasteiger partial charge in [-0.1, -0.05) is 91.0 Å². The van der Waals surface area contributed by atoms with Crippen LogP contribution in [0.25, 0.3) is 0 Å². The molecular formula is C74H68N8O23. The smallest absolute Gasteiger partial charge is 0.346 e. The van der Waals surface area contributed by atoms with Crippen molar-refractivity contribution in [1.29, 1.82) is 0 Å². The number of rotatable bonds is 0. The Bertz CT molecular complexity index is 3930. The fourth-order valence-electron chi connectivity index (χ4n) is 19.1. The molecule has 28 atom stereocenters. The first kappa shape index (κ1) is 68.8. The van der Waals surface area contributed by atoms with E-state index in [9.17, 15) is 76.7 Å². The van der Waals surface area contributed by atoms with E-state index in [4.69, 9.17) is 35.8 Å². The van der Waals surface area contributed by atoms with Crippen LogP contribution in [0.2, 0.25) is 0 Å². The Balaban J connectivity index is 0.0000000911. The molecule has 23 aliphatic rings. The Morgan fingerprint density at radius 2 is 0.743 bits per heavy atom. The Morgan fingerprint density at radius 1 is 0.371 bits per heavy atom. The Morgan fingerprint density at radius 3 is 1.09 bits per heavy atom. The average molecular weight is 1440 g/mol. The molecule has 542 valence electrons. The standard InChI is InChI=1S/C10H11NO2.C10H4O3.2C9H9NO3.C9H9NO2.C8H7NO4.C8H7NO3.C6H7NO.C5H5NO2/c1-11-9(12)7-5-2-3-6(4-5)8(7)10(11)13;1-2-6-3-4-7-8(5-6)10(12)13-9(7)11;1-10-8(11)6-4-2-3-5(13-4)7(6)9(10)12;11-8-6-4-1-2-5(3-4)7(6)9(12)10(8)13;11-8-6-4-1-2-5(3-4)7(6)9(12)10-8;10-7-5-3-1-2-4(13-3)6(5)8(11)9(7)12;10-7-5-3-1-2-4(12-3)6(5)8(11)9-7;8-6-4-1-2-5(3-4)7-6;7-5-3-1-2-4(6-5)8-3/h2-3,5-8H,4H2,1H3;1,3-5H;2-7H,1H3;1-2,4-7,13H,3H2;1-2,4-7H,3H2,(H,10,11,12);1-6,12H;1-6H,(H,9,10,11);1-2,4-5H,3H2,(H,7,8);1-4H,(H,6,7). The van der Waals surface area contributed by atoms with Gasteiger partial charge >= 0.3 is 11.9 Å². The molecule has 1 aromatic rings. The van der Waals surface area contributed by atoms with E-state index in [1.807, 2.05) is 48.6 Å². The number of nitrogens with zero attached hydrogens (tertiary/aromatic N) is 4. The van der Waals surface area contributed by atoms with E-state index in [-0.39, 0.29) is 201 Å². The highest BCUT2D eigenvalue weighted by Crippen LogP contribution is 2.55. The van der Waals surface area contributed by atoms with Crippen LogP contribution in [0.3, 0.4) is 0 Å². The number of nitrogens with one attached hydrogen (secondary N) is 4. The molecule has 16 bridgehead atoms. The number of terminal acetylenes is 1. The third kappa shape index (κ3) is 11.2. The summed E-state index contributed by atoms with van der Waals surface area (Å²) in [6.45, 7) is 0. The molecule has 105 heavy (non-hydrogen) atoms. The van der Waals surface area contributed by atoms with Gasteiger partial charge in [-0.15, -0.1) is 6.42 Å². The van der Waals surface area contributed by atoms with E-state index in [0.29, 0.717) is 40.3 Å². The molecule has 0 aromatic heterocycles. The molecule has 24 rings (SSSR count). The second kappa shape index (κ2) is 25.9. The van der Waals surface area contributed by atoms with Crippen molar-refractivity contribution in [2.75, 3.05) is 14.1 Å². The largest absolute Gasteiger partial charge is 0.386 e. The number of amides is 14. The van der Waals surface area contributed by atoms with Crippen LogP contribution in [0.5, 0.6) is 0 Å². The van der Waals surface area contributed by atoms with Crippen molar-refractivity contribution in [3.8, 4) is 12.3 Å². The predicted molar refractivity (Wildman–Crippen MR) is 346 cm³/mol. The molecule has 0 spiro atoms. The molecule has 31 heteroatoms. The quantitative estimate of drug-likeness (QED) is 0.0463. The summed E-state index contributed by atoms with van der Waals surface area (Å²) in [5.74, 6) is -1.84. The average Bonchev–Trinajstić information content (AvgIpc) is 1.48. The van der Waals surface area contributed by atoms with Crippen LogP contribution in [0.15, 0.2) is 115 Å². The molecule has 28 unspecified atom stereocenters. The third-order valence-electron chi connectivity index (χ3n) is 24.1. The maximum Gasteiger partial charge on any atom is 0.346 e. The van der Waals surface area contributed by atoms with Crippen LogP contribution < -0.4 is 21.3 Å². The van der Waals surface area contributed by atoms with Gasteiger partial charge in [0.05, 0.1) is 125 Å². The van der Waals surface area contributed by atoms with Crippen LogP contribution in [0.4, 0.5) is 0 Å². The fourth-order valence-corrected chi connectivity index (χ4v) is 19.1. The minimum Gasteiger partial charge on any atom is -0.386 e. The van der Waals surface area contributed by atoms with Crippen LogP contribution in [0, 0.1) is 125 Å². The highest BCUT2D eigenvalue weighted by atomic mass is 16.6. The molecule has 0 radical (unpaired) electrons. The Kier molecular flexibility index (Phi) is 17.0. The number of allylic oxidation sites excluding steroid dienone is 6. The van der Waals surface area contributed by atoms with Gasteiger partial charge in [-0.3, -0.25) is 98.0 Å². The van der Waals surface area contributed by atoms with Crippen LogP contribution in [-0.2, 0) is 90.8 Å². The summed E-state index contributed by atoms with van der Waals surface area (Å²) in [4.78, 5) is 183. The van der Waals surface area contributed by atoms with Gasteiger partial charge < -0.3 is 34.3 Å². The molecule has 31 nitrogen and oxygen atoms in total. The molecule has 16 aliphatic heterocycles. The fraction of sp³-hybridized carbons (Fsp3) is 0.459. The van der Waals surface area contributed by atoms with Gasteiger partial charge in [0.1, 0.15) is 0 Å². The molecule has 14 amide bonds. The minimum absolute atomic E-state index is 0.0162. The van der Waals surface area contributed by atoms with Crippen LogP contribution >= 0.6 is 0 Å². The van der Waals surface area contributed by atoms with Gasteiger partial charge in [0.2, 0.25) is 53.2 Å². The summed E-state index contributed by atoms with van der Waals surface area (Å²) in [6, 6.07) is 4.94. The molecule has 14 fully saturated rings. The number of esters is 2. The van der Waals surface area contributed by atoms with E-state index in [0.717, 1.165) is 25.7 Å². The van der Waals surface area contributed by atoms with E-state index < -0.39 is 47.4 Å². The van der Waals surface area contributed by atoms with Crippen molar-refractivity contribution < 1.29 is 111 Å². The lowest BCUT2D eigenvalue weighted by atomic mass is 9.85. The lowest BCUT2D eigenvalue weighted by Gasteiger charge is -2.14. The number of hydrogen-bond donors (Lipinski definition) is 6. The summed E-state index contributed by atoms with van der Waals surface area (Å²) in [5.41, 5.74) is 1.09. The highest BCUT2D eigenvalue weighted by Gasteiger charge is 2.64. The third-order valence-corrected chi connectivity index (χ3v) is 24.1. The van der Waals surface area contributed by atoms with E-state index in [1.165, 1.54) is 21.9 Å². The summed E-state index contributed by atoms with van der Waals surface area (Å²) in [7, 11) is 3.14. The molecule has 6 N–H and O–H groups in total. The van der Waals surface area contributed by atoms with Crippen molar-refractivity contribution in [3.05, 3.63) is 132 Å². The highest BCUT2D eigenvalue weighted by molar-refractivity contribution is 6.15. The number of imide groups is 6. The molecular weight excluding hydrogens is 1370 g/mol. The predicted octanol–water partition coefficient (Wildman–Crippen LogP) is -0.795. The van der Waals surface area contributed by atoms with E-state index in [2.05, 4.69) is 62.3 Å². The number of hydrogen-bond acceptors (Lipinski definition) is 23. The van der Waals surface area contributed by atoms with Gasteiger partial charge in [0.25, 0.3) is 29.5 Å². The topological polar surface area (TPSA) is 421 Å². The summed E-state index contributed by atoms with van der Waals surface area (Å²) in [6.07, 6.45) is 38.5. The Labute approximate surface area is 596 Å². The monoisotopic (exact) mass is 1440 g/mol. The van der Waals surface area contributed by atoms with Crippen LogP contribution in [-0.4, -0.2) is 194 Å². The van der Waals surface area contributed by atoms with Crippen molar-refractivity contribution in [2.24, 2.45) is 112 Å². The summed E-state index contributed by atoms with van der Waals surface area (Å²) in [5, 5.41) is 28.9. The maximum absolute atomic E-state index is 11.7. The van der Waals surface area contributed by atoms with Gasteiger partial charge in [0, 0.05) is 25.7 Å². The zero-order chi connectivity index (χ0) is 73.8. The maximum atomic E-state index is 11.7. The van der Waals surface area contributed by atoms with Crippen molar-refractivity contribution in [2.45, 2.75) is 80.7 Å². The number of carbonyl (C=O) groups is 16. The minimum atomic E-state index is -0.628. The molecule has 7 aliphatic carbocycles. The summed E-state index contributed by atoms with van der Waals surface area (Å²) >= 11 is 0. The number of carbonyl (C=O) groups excluding carboxylic acids is 16. The molecule has 3 saturated carbocycles. The first-order valence-electron chi connectivity index (χ1n) is 34.8. The Hall–Kier alpha value is -10.6. The second-order valence-electron chi connectivity index (χ2n) is 29.5.